The predicted molar refractivity (Wildman–Crippen MR) is 116 cm³/mol. The number of nitrogens with one attached hydrogen (secondary N) is 2. The van der Waals surface area contributed by atoms with Crippen LogP contribution in [0.5, 0.6) is 5.75 Å². The lowest BCUT2D eigenvalue weighted by atomic mass is 10.2. The van der Waals surface area contributed by atoms with Crippen LogP contribution in [0.25, 0.3) is 0 Å². The lowest BCUT2D eigenvalue weighted by molar-refractivity contribution is 0.0322. The van der Waals surface area contributed by atoms with Gasteiger partial charge in [-0.1, -0.05) is 18.2 Å². The van der Waals surface area contributed by atoms with E-state index < -0.39 is 0 Å². The number of ether oxygens (including phenoxy) is 2. The number of rotatable bonds is 10. The molecule has 1 saturated heterocycles. The Morgan fingerprint density at radius 3 is 2.66 bits per heavy atom. The van der Waals surface area contributed by atoms with Gasteiger partial charge in [0.1, 0.15) is 12.4 Å². The number of guanidine groups is 1. The molecule has 2 aromatic rings. The summed E-state index contributed by atoms with van der Waals surface area (Å²) in [5, 5.41) is 6.70. The quantitative estimate of drug-likeness (QED) is 0.472. The van der Waals surface area contributed by atoms with Gasteiger partial charge in [-0.3, -0.25) is 4.90 Å². The van der Waals surface area contributed by atoms with Crippen molar-refractivity contribution in [3.05, 3.63) is 54.4 Å². The van der Waals surface area contributed by atoms with Crippen LogP contribution in [-0.2, 0) is 17.8 Å². The number of benzene rings is 1. The maximum atomic E-state index is 6.07. The smallest absolute Gasteiger partial charge is 0.191 e. The van der Waals surface area contributed by atoms with Crippen molar-refractivity contribution in [1.29, 1.82) is 0 Å². The van der Waals surface area contributed by atoms with Crippen LogP contribution in [-0.4, -0.2) is 68.0 Å². The van der Waals surface area contributed by atoms with Crippen LogP contribution < -0.4 is 15.4 Å². The molecule has 1 aliphatic rings. The third-order valence-electron chi connectivity index (χ3n) is 4.82. The Labute approximate surface area is 173 Å². The molecule has 0 saturated carbocycles. The van der Waals surface area contributed by atoms with Crippen LogP contribution >= 0.6 is 0 Å². The molecule has 7 heteroatoms. The number of aromatic nitrogens is 1. The van der Waals surface area contributed by atoms with E-state index >= 15 is 0 Å². The average molecular weight is 400 g/mol. The van der Waals surface area contributed by atoms with Crippen molar-refractivity contribution in [3.8, 4) is 5.75 Å². The fourth-order valence-corrected chi connectivity index (χ4v) is 3.21. The summed E-state index contributed by atoms with van der Waals surface area (Å²) in [6.07, 6.45) is 4.13. The third kappa shape index (κ3) is 7.44. The maximum absolute atomic E-state index is 6.07. The van der Waals surface area contributed by atoms with Crippen molar-refractivity contribution in [2.75, 3.05) is 52.5 Å². The lowest BCUT2D eigenvalue weighted by Crippen LogP contribution is -2.39. The third-order valence-corrected chi connectivity index (χ3v) is 4.82. The minimum Gasteiger partial charge on any atom is -0.492 e. The van der Waals surface area contributed by atoms with Crippen LogP contribution in [0.15, 0.2) is 53.8 Å². The van der Waals surface area contributed by atoms with Gasteiger partial charge in [0.15, 0.2) is 5.96 Å². The predicted octanol–water partition coefficient (Wildman–Crippen LogP) is 1.95. The first kappa shape index (κ1) is 21.2. The highest BCUT2D eigenvalue weighted by molar-refractivity contribution is 5.79. The summed E-state index contributed by atoms with van der Waals surface area (Å²) in [7, 11) is 0. The molecule has 2 N–H and O–H groups in total. The van der Waals surface area contributed by atoms with E-state index in [1.54, 1.807) is 0 Å². The van der Waals surface area contributed by atoms with Crippen LogP contribution in [0, 0.1) is 0 Å². The van der Waals surface area contributed by atoms with Gasteiger partial charge in [-0.05, 0) is 25.1 Å². The molecule has 0 radical (unpaired) electrons. The minimum absolute atomic E-state index is 0.576. The van der Waals surface area contributed by atoms with E-state index in [0.717, 1.165) is 69.8 Å². The fraction of sp³-hybridized carbons (Fsp3) is 0.500. The zero-order valence-electron chi connectivity index (χ0n) is 17.3. The van der Waals surface area contributed by atoms with Crippen LogP contribution in [0.4, 0.5) is 0 Å². The molecule has 1 aromatic heterocycles. The average Bonchev–Trinajstić information content (AvgIpc) is 3.27. The Balaban J connectivity index is 1.49. The van der Waals surface area contributed by atoms with E-state index in [4.69, 9.17) is 14.5 Å². The highest BCUT2D eigenvalue weighted by atomic mass is 16.5. The van der Waals surface area contributed by atoms with Gasteiger partial charge in [0.2, 0.25) is 0 Å². The highest BCUT2D eigenvalue weighted by Crippen LogP contribution is 2.19. The van der Waals surface area contributed by atoms with E-state index in [1.165, 1.54) is 0 Å². The molecule has 0 amide bonds. The van der Waals surface area contributed by atoms with Crippen molar-refractivity contribution in [2.24, 2.45) is 4.99 Å². The van der Waals surface area contributed by atoms with Crippen LogP contribution in [0.2, 0.25) is 0 Å². The topological polar surface area (TPSA) is 63.1 Å². The normalized spacial score (nSPS) is 15.3. The van der Waals surface area contributed by atoms with Gasteiger partial charge in [0, 0.05) is 57.2 Å². The molecule has 0 atom stereocenters. The Morgan fingerprint density at radius 2 is 1.86 bits per heavy atom. The summed E-state index contributed by atoms with van der Waals surface area (Å²) < 4.78 is 13.6. The van der Waals surface area contributed by atoms with E-state index in [2.05, 4.69) is 45.5 Å². The molecular formula is C22H33N5O2. The molecule has 29 heavy (non-hydrogen) atoms. The van der Waals surface area contributed by atoms with Crippen molar-refractivity contribution in [1.82, 2.24) is 20.1 Å². The first-order chi connectivity index (χ1) is 14.3. The summed E-state index contributed by atoms with van der Waals surface area (Å²) in [4.78, 5) is 7.12. The molecule has 1 aliphatic heterocycles. The maximum Gasteiger partial charge on any atom is 0.191 e. The van der Waals surface area contributed by atoms with E-state index in [-0.39, 0.29) is 0 Å². The lowest BCUT2D eigenvalue weighted by Gasteiger charge is -2.26. The summed E-state index contributed by atoms with van der Waals surface area (Å²) in [6.45, 7) is 10.4. The van der Waals surface area contributed by atoms with E-state index in [0.29, 0.717) is 13.2 Å². The standard InChI is InChI=1S/C22H33N5O2/c1-2-23-22(24-9-12-26-10-5-6-11-26)25-19-20-7-3-4-8-21(20)29-18-15-27-13-16-28-17-14-27/h3-8,10-11H,2,9,12-19H2,1H3,(H2,23,24,25). The van der Waals surface area contributed by atoms with Crippen molar-refractivity contribution in [2.45, 2.75) is 20.0 Å². The number of aliphatic imine (C=N–C) groups is 1. The molecule has 2 heterocycles. The van der Waals surface area contributed by atoms with E-state index in [9.17, 15) is 0 Å². The van der Waals surface area contributed by atoms with Gasteiger partial charge in [-0.25, -0.2) is 4.99 Å². The highest BCUT2D eigenvalue weighted by Gasteiger charge is 2.10. The zero-order chi connectivity index (χ0) is 20.2. The van der Waals surface area contributed by atoms with Crippen LogP contribution in [0.3, 0.4) is 0 Å². The van der Waals surface area contributed by atoms with Gasteiger partial charge in [-0.15, -0.1) is 0 Å². The molecular weight excluding hydrogens is 366 g/mol. The zero-order valence-corrected chi connectivity index (χ0v) is 17.3. The Morgan fingerprint density at radius 1 is 1.07 bits per heavy atom. The molecule has 7 nitrogen and oxygen atoms in total. The first-order valence-electron chi connectivity index (χ1n) is 10.5. The SMILES string of the molecule is CCNC(=NCc1ccccc1OCCN1CCOCC1)NCCn1cccc1. The Hall–Kier alpha value is -2.51. The summed E-state index contributed by atoms with van der Waals surface area (Å²) in [6, 6.07) is 12.2. The number of nitrogens with zero attached hydrogens (tertiary/aromatic N) is 3. The second-order valence-corrected chi connectivity index (χ2v) is 6.95. The molecule has 0 spiro atoms. The van der Waals surface area contributed by atoms with Gasteiger partial charge in [0.25, 0.3) is 0 Å². The second kappa shape index (κ2) is 12.1. The number of hydrogen-bond donors (Lipinski definition) is 2. The first-order valence-corrected chi connectivity index (χ1v) is 10.5. The van der Waals surface area contributed by atoms with Crippen LogP contribution in [0.1, 0.15) is 12.5 Å². The number of para-hydroxylation sites is 1. The molecule has 1 aromatic carbocycles. The fourth-order valence-electron chi connectivity index (χ4n) is 3.21. The Kier molecular flexibility index (Phi) is 8.88. The number of hydrogen-bond acceptors (Lipinski definition) is 4. The second-order valence-electron chi connectivity index (χ2n) is 6.95. The van der Waals surface area contributed by atoms with Gasteiger partial charge >= 0.3 is 0 Å². The monoisotopic (exact) mass is 399 g/mol. The van der Waals surface area contributed by atoms with E-state index in [1.807, 2.05) is 30.3 Å². The number of morpholine rings is 1. The Bertz CT molecular complexity index is 727. The molecule has 3 rings (SSSR count). The van der Waals surface area contributed by atoms with Gasteiger partial charge in [-0.2, -0.15) is 0 Å². The summed E-state index contributed by atoms with van der Waals surface area (Å²) >= 11 is 0. The van der Waals surface area contributed by atoms with Crippen molar-refractivity contribution < 1.29 is 9.47 Å². The minimum atomic E-state index is 0.576. The van der Waals surface area contributed by atoms with Crippen molar-refractivity contribution in [3.63, 3.8) is 0 Å². The molecule has 0 aliphatic carbocycles. The molecule has 0 unspecified atom stereocenters. The van der Waals surface area contributed by atoms with Crippen molar-refractivity contribution >= 4 is 5.96 Å². The van der Waals surface area contributed by atoms with Gasteiger partial charge in [0.05, 0.1) is 19.8 Å². The molecule has 0 bridgehead atoms. The largest absolute Gasteiger partial charge is 0.492 e. The van der Waals surface area contributed by atoms with Gasteiger partial charge < -0.3 is 24.7 Å². The molecule has 158 valence electrons. The molecule has 1 fully saturated rings. The summed E-state index contributed by atoms with van der Waals surface area (Å²) in [5.74, 6) is 1.73. The summed E-state index contributed by atoms with van der Waals surface area (Å²) in [5.41, 5.74) is 1.09.